The summed E-state index contributed by atoms with van der Waals surface area (Å²) in [5.74, 6) is -0.316. The minimum Gasteiger partial charge on any atom is -0.463 e. The molecule has 0 aromatic heterocycles. The van der Waals surface area contributed by atoms with Crippen LogP contribution in [-0.4, -0.2) is 19.1 Å². The molecule has 0 spiro atoms. The highest BCUT2D eigenvalue weighted by Crippen LogP contribution is 2.15. The van der Waals surface area contributed by atoms with E-state index in [2.05, 4.69) is 18.5 Å². The molecule has 0 saturated carbocycles. The van der Waals surface area contributed by atoms with E-state index in [1.54, 1.807) is 6.08 Å². The molecule has 0 saturated heterocycles. The van der Waals surface area contributed by atoms with E-state index < -0.39 is 0 Å². The molecule has 0 heterocycles. The molecule has 0 aliphatic rings. The Kier molecular flexibility index (Phi) is 8.92. The van der Waals surface area contributed by atoms with Crippen molar-refractivity contribution in [3.05, 3.63) is 61.2 Å². The number of unbranched alkanes of at least 4 members (excludes halogenated alkanes) is 1. The van der Waals surface area contributed by atoms with Crippen molar-refractivity contribution < 1.29 is 9.53 Å². The van der Waals surface area contributed by atoms with Gasteiger partial charge in [0, 0.05) is 0 Å². The minimum absolute atomic E-state index is 0.0193. The molecule has 2 unspecified atom stereocenters. The van der Waals surface area contributed by atoms with Crippen molar-refractivity contribution in [2.45, 2.75) is 32.2 Å². The van der Waals surface area contributed by atoms with E-state index >= 15 is 0 Å². The zero-order chi connectivity index (χ0) is 16.2. The van der Waals surface area contributed by atoms with Gasteiger partial charge in [-0.1, -0.05) is 49.4 Å². The first-order chi connectivity index (χ1) is 10.7. The Balaban J connectivity index is 2.56. The minimum atomic E-state index is -0.172. The van der Waals surface area contributed by atoms with Crippen LogP contribution in [0.2, 0.25) is 0 Å². The van der Waals surface area contributed by atoms with E-state index in [0.717, 1.165) is 24.9 Å². The monoisotopic (exact) mass is 301 g/mol. The van der Waals surface area contributed by atoms with E-state index in [4.69, 9.17) is 4.74 Å². The summed E-state index contributed by atoms with van der Waals surface area (Å²) >= 11 is 0. The molecule has 1 aromatic carbocycles. The third-order valence-corrected chi connectivity index (χ3v) is 3.49. The topological polar surface area (TPSA) is 38.3 Å². The summed E-state index contributed by atoms with van der Waals surface area (Å²) in [7, 11) is 0. The summed E-state index contributed by atoms with van der Waals surface area (Å²) in [5, 5.41) is 3.45. The molecule has 0 bridgehead atoms. The molecule has 0 radical (unpaired) electrons. The van der Waals surface area contributed by atoms with Gasteiger partial charge in [-0.05, 0) is 31.4 Å². The number of carbonyl (C=O) groups is 1. The number of ether oxygens (including phenoxy) is 1. The Morgan fingerprint density at radius 3 is 2.64 bits per heavy atom. The molecule has 2 atom stereocenters. The Labute approximate surface area is 134 Å². The van der Waals surface area contributed by atoms with Gasteiger partial charge in [0.1, 0.15) is 6.61 Å². The number of benzene rings is 1. The van der Waals surface area contributed by atoms with Crippen LogP contribution < -0.4 is 5.32 Å². The van der Waals surface area contributed by atoms with E-state index in [9.17, 15) is 4.79 Å². The number of carbonyl (C=O) groups excluding carboxylic acids is 1. The molecule has 0 aliphatic carbocycles. The predicted octanol–water partition coefficient (Wildman–Crippen LogP) is 4.04. The molecular weight excluding hydrogens is 274 g/mol. The number of esters is 1. The summed E-state index contributed by atoms with van der Waals surface area (Å²) in [6, 6.07) is 10.1. The molecule has 0 aliphatic heterocycles. The number of nitrogens with one attached hydrogen (secondary N) is 1. The Bertz CT molecular complexity index is 456. The molecule has 1 aromatic rings. The highest BCUT2D eigenvalue weighted by molar-refractivity contribution is 5.72. The molecule has 1 rings (SSSR count). The van der Waals surface area contributed by atoms with Gasteiger partial charge in [0.2, 0.25) is 0 Å². The van der Waals surface area contributed by atoms with Crippen LogP contribution in [0.15, 0.2) is 55.6 Å². The molecule has 120 valence electrons. The van der Waals surface area contributed by atoms with Gasteiger partial charge in [0.15, 0.2) is 0 Å². The van der Waals surface area contributed by atoms with Crippen LogP contribution in [0.5, 0.6) is 0 Å². The lowest BCUT2D eigenvalue weighted by Crippen LogP contribution is -2.28. The maximum absolute atomic E-state index is 11.9. The number of allylic oxidation sites excluding steroid dienone is 2. The van der Waals surface area contributed by atoms with Gasteiger partial charge in [-0.25, -0.2) is 0 Å². The van der Waals surface area contributed by atoms with Crippen molar-refractivity contribution in [2.75, 3.05) is 13.2 Å². The standard InChI is InChI=1S/C19H27NO2/c1-4-6-10-14-20-18(17-12-8-7-9-13-17)15-22-19(21)16(3)11-5-2/h4-5,7-9,12-13,16,18,20H,1-2,6,10-11,14-15H2,3H3. The number of hydrogen-bond acceptors (Lipinski definition) is 3. The molecule has 0 amide bonds. The van der Waals surface area contributed by atoms with Crippen LogP contribution in [0.4, 0.5) is 0 Å². The third-order valence-electron chi connectivity index (χ3n) is 3.49. The lowest BCUT2D eigenvalue weighted by atomic mass is 10.1. The van der Waals surface area contributed by atoms with Crippen molar-refractivity contribution in [2.24, 2.45) is 5.92 Å². The zero-order valence-electron chi connectivity index (χ0n) is 13.5. The van der Waals surface area contributed by atoms with Gasteiger partial charge >= 0.3 is 5.97 Å². The first-order valence-electron chi connectivity index (χ1n) is 7.85. The lowest BCUT2D eigenvalue weighted by Gasteiger charge is -2.20. The van der Waals surface area contributed by atoms with Crippen molar-refractivity contribution in [1.82, 2.24) is 5.32 Å². The van der Waals surface area contributed by atoms with Gasteiger partial charge in [0.05, 0.1) is 12.0 Å². The molecule has 3 nitrogen and oxygen atoms in total. The summed E-state index contributed by atoms with van der Waals surface area (Å²) in [4.78, 5) is 11.9. The van der Waals surface area contributed by atoms with Crippen LogP contribution in [0, 0.1) is 5.92 Å². The summed E-state index contributed by atoms with van der Waals surface area (Å²) in [5.41, 5.74) is 1.13. The Morgan fingerprint density at radius 2 is 2.00 bits per heavy atom. The maximum atomic E-state index is 11.9. The van der Waals surface area contributed by atoms with Crippen molar-refractivity contribution in [3.8, 4) is 0 Å². The SMILES string of the molecule is C=CCCCNC(COC(=O)C(C)CC=C)c1ccccc1. The van der Waals surface area contributed by atoms with Crippen molar-refractivity contribution in [1.29, 1.82) is 0 Å². The largest absolute Gasteiger partial charge is 0.463 e. The van der Waals surface area contributed by atoms with Crippen LogP contribution in [-0.2, 0) is 9.53 Å². The normalized spacial score (nSPS) is 13.1. The van der Waals surface area contributed by atoms with E-state index in [0.29, 0.717) is 13.0 Å². The fourth-order valence-corrected chi connectivity index (χ4v) is 2.13. The van der Waals surface area contributed by atoms with E-state index in [1.165, 1.54) is 0 Å². The van der Waals surface area contributed by atoms with Gasteiger partial charge in [-0.3, -0.25) is 4.79 Å². The van der Waals surface area contributed by atoms with Crippen molar-refractivity contribution >= 4 is 5.97 Å². The van der Waals surface area contributed by atoms with Gasteiger partial charge < -0.3 is 10.1 Å². The van der Waals surface area contributed by atoms with Gasteiger partial charge in [-0.15, -0.1) is 13.2 Å². The van der Waals surface area contributed by atoms with E-state index in [1.807, 2.05) is 43.3 Å². The second-order valence-electron chi connectivity index (χ2n) is 5.40. The maximum Gasteiger partial charge on any atom is 0.309 e. The van der Waals surface area contributed by atoms with Crippen LogP contribution in [0.25, 0.3) is 0 Å². The highest BCUT2D eigenvalue weighted by Gasteiger charge is 2.17. The van der Waals surface area contributed by atoms with Crippen LogP contribution in [0.1, 0.15) is 37.8 Å². The highest BCUT2D eigenvalue weighted by atomic mass is 16.5. The lowest BCUT2D eigenvalue weighted by molar-refractivity contribution is -0.148. The molecule has 3 heteroatoms. The van der Waals surface area contributed by atoms with Crippen LogP contribution >= 0.6 is 0 Å². The second-order valence-corrected chi connectivity index (χ2v) is 5.40. The van der Waals surface area contributed by atoms with Crippen molar-refractivity contribution in [3.63, 3.8) is 0 Å². The second kappa shape index (κ2) is 10.8. The first kappa shape index (κ1) is 18.2. The molecule has 1 N–H and O–H groups in total. The van der Waals surface area contributed by atoms with Crippen LogP contribution in [0.3, 0.4) is 0 Å². The number of hydrogen-bond donors (Lipinski definition) is 1. The third kappa shape index (κ3) is 6.72. The Morgan fingerprint density at radius 1 is 1.27 bits per heavy atom. The fourth-order valence-electron chi connectivity index (χ4n) is 2.13. The van der Waals surface area contributed by atoms with E-state index in [-0.39, 0.29) is 17.9 Å². The van der Waals surface area contributed by atoms with Gasteiger partial charge in [0.25, 0.3) is 0 Å². The molecular formula is C19H27NO2. The number of rotatable bonds is 11. The summed E-state index contributed by atoms with van der Waals surface area (Å²) in [6.07, 6.45) is 6.30. The first-order valence-corrected chi connectivity index (χ1v) is 7.85. The predicted molar refractivity (Wildman–Crippen MR) is 91.6 cm³/mol. The Hall–Kier alpha value is -1.87. The smallest absolute Gasteiger partial charge is 0.309 e. The summed E-state index contributed by atoms with van der Waals surface area (Å²) in [6.45, 7) is 10.5. The average molecular weight is 301 g/mol. The zero-order valence-corrected chi connectivity index (χ0v) is 13.5. The molecule has 22 heavy (non-hydrogen) atoms. The quantitative estimate of drug-likeness (QED) is 0.381. The van der Waals surface area contributed by atoms with Gasteiger partial charge in [-0.2, -0.15) is 0 Å². The fraction of sp³-hybridized carbons (Fsp3) is 0.421. The molecule has 0 fully saturated rings. The average Bonchev–Trinajstić information content (AvgIpc) is 2.55. The summed E-state index contributed by atoms with van der Waals surface area (Å²) < 4.78 is 5.46.